The van der Waals surface area contributed by atoms with Crippen molar-refractivity contribution in [3.8, 4) is 0 Å². The van der Waals surface area contributed by atoms with E-state index in [0.29, 0.717) is 16.1 Å². The van der Waals surface area contributed by atoms with Gasteiger partial charge in [0.05, 0.1) is 11.4 Å². The van der Waals surface area contributed by atoms with E-state index >= 15 is 0 Å². The second kappa shape index (κ2) is 6.81. The van der Waals surface area contributed by atoms with Gasteiger partial charge in [0.2, 0.25) is 5.91 Å². The van der Waals surface area contributed by atoms with Gasteiger partial charge in [-0.2, -0.15) is 0 Å². The number of nitrogens with one attached hydrogen (secondary N) is 2. The monoisotopic (exact) mass is 302 g/mol. The van der Waals surface area contributed by atoms with Gasteiger partial charge in [0.1, 0.15) is 0 Å². The number of anilines is 1. The van der Waals surface area contributed by atoms with Crippen LogP contribution >= 0.6 is 11.3 Å². The van der Waals surface area contributed by atoms with Gasteiger partial charge in [-0.25, -0.2) is 0 Å². The zero-order chi connectivity index (χ0) is 15.2. The van der Waals surface area contributed by atoms with Gasteiger partial charge in [-0.3, -0.25) is 14.4 Å². The fourth-order valence-corrected chi connectivity index (χ4v) is 2.32. The van der Waals surface area contributed by atoms with Crippen molar-refractivity contribution in [1.29, 1.82) is 0 Å². The van der Waals surface area contributed by atoms with Crippen LogP contribution in [0.15, 0.2) is 41.8 Å². The molecule has 2 rings (SSSR count). The van der Waals surface area contributed by atoms with Gasteiger partial charge < -0.3 is 10.6 Å². The summed E-state index contributed by atoms with van der Waals surface area (Å²) in [6.45, 7) is 1.34. The van der Waals surface area contributed by atoms with E-state index in [2.05, 4.69) is 10.6 Å². The van der Waals surface area contributed by atoms with Crippen LogP contribution in [0, 0.1) is 0 Å². The number of ketones is 1. The van der Waals surface area contributed by atoms with Crippen LogP contribution in [-0.2, 0) is 4.79 Å². The van der Waals surface area contributed by atoms with Gasteiger partial charge in [-0.1, -0.05) is 18.2 Å². The van der Waals surface area contributed by atoms with Crippen molar-refractivity contribution < 1.29 is 14.4 Å². The summed E-state index contributed by atoms with van der Waals surface area (Å²) in [4.78, 5) is 35.3. The molecule has 5 nitrogen and oxygen atoms in total. The molecule has 0 bridgehead atoms. The topological polar surface area (TPSA) is 75.3 Å². The predicted octanol–water partition coefficient (Wildman–Crippen LogP) is 2.32. The second-order valence-electron chi connectivity index (χ2n) is 4.35. The molecule has 0 aliphatic heterocycles. The Balaban J connectivity index is 1.89. The summed E-state index contributed by atoms with van der Waals surface area (Å²) in [6, 6.07) is 10.1. The Kier molecular flexibility index (Phi) is 4.84. The van der Waals surface area contributed by atoms with E-state index in [1.807, 2.05) is 0 Å². The lowest BCUT2D eigenvalue weighted by Crippen LogP contribution is -2.32. The average molecular weight is 302 g/mol. The lowest BCUT2D eigenvalue weighted by Gasteiger charge is -2.07. The maximum absolute atomic E-state index is 11.8. The zero-order valence-electron chi connectivity index (χ0n) is 11.4. The smallest absolute Gasteiger partial charge is 0.261 e. The third-order valence-electron chi connectivity index (χ3n) is 2.71. The molecular weight excluding hydrogens is 288 g/mol. The van der Waals surface area contributed by atoms with Crippen molar-refractivity contribution in [3.05, 3.63) is 52.2 Å². The highest BCUT2D eigenvalue weighted by Crippen LogP contribution is 2.11. The van der Waals surface area contributed by atoms with Crippen molar-refractivity contribution in [1.82, 2.24) is 5.32 Å². The van der Waals surface area contributed by atoms with E-state index in [4.69, 9.17) is 0 Å². The number of thiophene rings is 1. The van der Waals surface area contributed by atoms with Crippen molar-refractivity contribution in [2.75, 3.05) is 11.9 Å². The summed E-state index contributed by atoms with van der Waals surface area (Å²) in [7, 11) is 0. The van der Waals surface area contributed by atoms with Crippen LogP contribution in [0.4, 0.5) is 5.69 Å². The van der Waals surface area contributed by atoms with Crippen molar-refractivity contribution in [3.63, 3.8) is 0 Å². The molecule has 0 saturated carbocycles. The molecule has 0 spiro atoms. The van der Waals surface area contributed by atoms with Gasteiger partial charge in [-0.15, -0.1) is 11.3 Å². The highest BCUT2D eigenvalue weighted by atomic mass is 32.1. The Hall–Kier alpha value is -2.47. The molecule has 1 aromatic carbocycles. The Bertz CT molecular complexity index is 665. The predicted molar refractivity (Wildman–Crippen MR) is 81.7 cm³/mol. The number of Topliss-reactive ketones (excluding diaryl/α,β-unsaturated/α-hetero) is 1. The maximum atomic E-state index is 11.8. The molecule has 0 fully saturated rings. The number of rotatable bonds is 5. The molecule has 0 aliphatic rings. The number of benzene rings is 1. The fraction of sp³-hybridized carbons (Fsp3) is 0.133. The molecule has 0 unspecified atom stereocenters. The van der Waals surface area contributed by atoms with E-state index < -0.39 is 0 Å². The first kappa shape index (κ1) is 14.9. The number of carbonyl (C=O) groups is 3. The van der Waals surface area contributed by atoms with Gasteiger partial charge in [0.25, 0.3) is 5.91 Å². The molecule has 21 heavy (non-hydrogen) atoms. The first-order valence-electron chi connectivity index (χ1n) is 6.29. The number of hydrogen-bond acceptors (Lipinski definition) is 4. The summed E-state index contributed by atoms with van der Waals surface area (Å²) in [5.74, 6) is -0.699. The SMILES string of the molecule is CC(=O)c1cccc(NC(=O)CNC(=O)c2cccs2)c1. The van der Waals surface area contributed by atoms with Crippen molar-refractivity contribution in [2.45, 2.75) is 6.92 Å². The summed E-state index contributed by atoms with van der Waals surface area (Å²) < 4.78 is 0. The molecule has 1 aromatic heterocycles. The summed E-state index contributed by atoms with van der Waals surface area (Å²) in [5, 5.41) is 6.96. The van der Waals surface area contributed by atoms with E-state index in [9.17, 15) is 14.4 Å². The van der Waals surface area contributed by atoms with Crippen LogP contribution < -0.4 is 10.6 Å². The second-order valence-corrected chi connectivity index (χ2v) is 5.29. The minimum absolute atomic E-state index is 0.0721. The lowest BCUT2D eigenvalue weighted by atomic mass is 10.1. The van der Waals surface area contributed by atoms with E-state index in [1.54, 1.807) is 41.8 Å². The molecule has 2 amide bonds. The summed E-state index contributed by atoms with van der Waals surface area (Å²) >= 11 is 1.31. The largest absolute Gasteiger partial charge is 0.342 e. The number of amides is 2. The molecule has 2 aromatic rings. The Labute approximate surface area is 126 Å². The van der Waals surface area contributed by atoms with Gasteiger partial charge in [0.15, 0.2) is 5.78 Å². The molecular formula is C15H14N2O3S. The van der Waals surface area contributed by atoms with Crippen molar-refractivity contribution >= 4 is 34.6 Å². The van der Waals surface area contributed by atoms with Crippen LogP contribution in [0.2, 0.25) is 0 Å². The third kappa shape index (κ3) is 4.25. The van der Waals surface area contributed by atoms with Crippen LogP contribution in [0.25, 0.3) is 0 Å². The molecule has 0 atom stereocenters. The Morgan fingerprint density at radius 2 is 1.95 bits per heavy atom. The number of hydrogen-bond donors (Lipinski definition) is 2. The minimum atomic E-state index is -0.347. The fourth-order valence-electron chi connectivity index (χ4n) is 1.68. The highest BCUT2D eigenvalue weighted by molar-refractivity contribution is 7.12. The van der Waals surface area contributed by atoms with Gasteiger partial charge in [0, 0.05) is 11.3 Å². The Morgan fingerprint density at radius 1 is 1.14 bits per heavy atom. The van der Waals surface area contributed by atoms with Crippen molar-refractivity contribution in [2.24, 2.45) is 0 Å². The normalized spacial score (nSPS) is 9.95. The van der Waals surface area contributed by atoms with E-state index in [-0.39, 0.29) is 24.1 Å². The first-order valence-corrected chi connectivity index (χ1v) is 7.17. The van der Waals surface area contributed by atoms with Crippen LogP contribution in [0.5, 0.6) is 0 Å². The minimum Gasteiger partial charge on any atom is -0.342 e. The van der Waals surface area contributed by atoms with Gasteiger partial charge in [-0.05, 0) is 30.5 Å². The molecule has 0 saturated heterocycles. The van der Waals surface area contributed by atoms with E-state index in [1.165, 1.54) is 18.3 Å². The third-order valence-corrected chi connectivity index (χ3v) is 3.58. The number of carbonyl (C=O) groups excluding carboxylic acids is 3. The van der Waals surface area contributed by atoms with E-state index in [0.717, 1.165) is 0 Å². The quantitative estimate of drug-likeness (QED) is 0.832. The van der Waals surface area contributed by atoms with Crippen LogP contribution in [0.1, 0.15) is 27.0 Å². The molecule has 0 aliphatic carbocycles. The Morgan fingerprint density at radius 3 is 2.62 bits per heavy atom. The maximum Gasteiger partial charge on any atom is 0.261 e. The molecule has 0 radical (unpaired) electrons. The van der Waals surface area contributed by atoms with Crippen LogP contribution in [-0.4, -0.2) is 24.1 Å². The highest BCUT2D eigenvalue weighted by Gasteiger charge is 2.09. The molecule has 1 heterocycles. The average Bonchev–Trinajstić information content (AvgIpc) is 2.99. The van der Waals surface area contributed by atoms with Gasteiger partial charge >= 0.3 is 0 Å². The zero-order valence-corrected chi connectivity index (χ0v) is 12.2. The van der Waals surface area contributed by atoms with Crippen LogP contribution in [0.3, 0.4) is 0 Å². The molecule has 6 heteroatoms. The lowest BCUT2D eigenvalue weighted by molar-refractivity contribution is -0.115. The summed E-state index contributed by atoms with van der Waals surface area (Å²) in [5.41, 5.74) is 1.05. The summed E-state index contributed by atoms with van der Waals surface area (Å²) in [6.07, 6.45) is 0. The molecule has 108 valence electrons. The molecule has 2 N–H and O–H groups in total. The first-order chi connectivity index (χ1) is 10.1. The standard InChI is InChI=1S/C15H14N2O3S/c1-10(18)11-4-2-5-12(8-11)17-14(19)9-16-15(20)13-6-3-7-21-13/h2-8H,9H2,1H3,(H,16,20)(H,17,19).